The number of hydrogen-bond donors (Lipinski definition) is 0. The van der Waals surface area contributed by atoms with Crippen molar-refractivity contribution in [1.82, 2.24) is 9.47 Å². The third-order valence-corrected chi connectivity index (χ3v) is 9.72. The number of carbonyl (C=O) groups is 1. The predicted molar refractivity (Wildman–Crippen MR) is 165 cm³/mol. The van der Waals surface area contributed by atoms with Crippen LogP contribution in [0.4, 0.5) is 4.39 Å². The fraction of sp³-hybridized carbons (Fsp3) is 0.438. The second-order valence-corrected chi connectivity index (χ2v) is 12.9. The molecule has 2 aromatic carbocycles. The zero-order valence-electron chi connectivity index (χ0n) is 22.7. The first kappa shape index (κ1) is 27.6. The van der Waals surface area contributed by atoms with Gasteiger partial charge in [0.2, 0.25) is 0 Å². The molecule has 1 aromatic heterocycles. The lowest BCUT2D eigenvalue weighted by Crippen LogP contribution is -2.41. The summed E-state index contributed by atoms with van der Waals surface area (Å²) in [6.07, 6.45) is 15.8. The topological polar surface area (TPSA) is 46.8 Å². The fourth-order valence-corrected chi connectivity index (χ4v) is 7.62. The summed E-state index contributed by atoms with van der Waals surface area (Å²) < 4.78 is 22.9. The zero-order valence-corrected chi connectivity index (χ0v) is 25.1. The van der Waals surface area contributed by atoms with Crippen molar-refractivity contribution < 1.29 is 13.9 Å². The number of hydrogen-bond acceptors (Lipinski definition) is 4. The van der Waals surface area contributed by atoms with Gasteiger partial charge in [-0.25, -0.2) is 4.39 Å². The number of thioether (sulfide) groups is 1. The van der Waals surface area contributed by atoms with E-state index in [2.05, 4.69) is 38.8 Å². The monoisotopic (exact) mass is 623 g/mol. The highest BCUT2D eigenvalue weighted by molar-refractivity contribution is 9.10. The van der Waals surface area contributed by atoms with E-state index in [9.17, 15) is 9.18 Å². The maximum absolute atomic E-state index is 14.0. The highest BCUT2D eigenvalue weighted by Crippen LogP contribution is 2.39. The molecular formula is C32H35BrFN3O2S. The zero-order chi connectivity index (χ0) is 27.5. The van der Waals surface area contributed by atoms with Gasteiger partial charge >= 0.3 is 0 Å². The van der Waals surface area contributed by atoms with E-state index in [1.807, 2.05) is 17.0 Å². The van der Waals surface area contributed by atoms with Crippen molar-refractivity contribution >= 4 is 55.7 Å². The third-order valence-electron chi connectivity index (χ3n) is 8.23. The molecule has 2 heterocycles. The summed E-state index contributed by atoms with van der Waals surface area (Å²) in [5, 5.41) is 1.96. The summed E-state index contributed by atoms with van der Waals surface area (Å²) in [5.41, 5.74) is 2.03. The Morgan fingerprint density at radius 3 is 2.55 bits per heavy atom. The molecule has 0 bridgehead atoms. The predicted octanol–water partition coefficient (Wildman–Crippen LogP) is 8.56. The van der Waals surface area contributed by atoms with Crippen molar-refractivity contribution in [2.24, 2.45) is 4.99 Å². The van der Waals surface area contributed by atoms with E-state index in [0.717, 1.165) is 56.7 Å². The van der Waals surface area contributed by atoms with E-state index in [-0.39, 0.29) is 23.5 Å². The van der Waals surface area contributed by atoms with E-state index >= 15 is 0 Å². The first-order valence-electron chi connectivity index (χ1n) is 14.5. The van der Waals surface area contributed by atoms with Crippen molar-refractivity contribution in [1.29, 1.82) is 0 Å². The smallest absolute Gasteiger partial charge is 0.267 e. The van der Waals surface area contributed by atoms with E-state index in [1.165, 1.54) is 44.6 Å². The molecule has 6 rings (SSSR count). The van der Waals surface area contributed by atoms with Crippen LogP contribution in [0.2, 0.25) is 0 Å². The number of halogens is 2. The summed E-state index contributed by atoms with van der Waals surface area (Å²) in [5.74, 6) is -0.0194. The maximum atomic E-state index is 14.0. The minimum Gasteiger partial charge on any atom is -0.489 e. The second kappa shape index (κ2) is 12.5. The molecule has 1 aliphatic heterocycles. The van der Waals surface area contributed by atoms with Crippen molar-refractivity contribution in [2.45, 2.75) is 82.8 Å². The standard InChI is InChI=1S/C32H35BrFN3O2S/c33-23-15-16-28-26(20-23)22(21-36(28)17-18-39-29-14-8-7-13-27(29)34)19-30-31(38)37(25-11-5-2-6-12-25)32(40-30)35-24-9-3-1-4-10-24/h7-8,13-16,19-21,24-25H,1-6,9-12,17-18H2/b30-19-,35-32?. The molecule has 0 atom stereocenters. The van der Waals surface area contributed by atoms with Crippen LogP contribution in [0.5, 0.6) is 5.75 Å². The SMILES string of the molecule is O=C1/C(=C/c2cn(CCOc3ccccc3F)c3ccc(Br)cc23)SC(=NC2CCCCC2)N1C1CCCCC1. The van der Waals surface area contributed by atoms with Crippen LogP contribution in [0, 0.1) is 5.82 Å². The number of nitrogens with zero attached hydrogens (tertiary/aromatic N) is 3. The van der Waals surface area contributed by atoms with Gasteiger partial charge in [-0.15, -0.1) is 0 Å². The normalized spacial score (nSPS) is 21.2. The summed E-state index contributed by atoms with van der Waals surface area (Å²) >= 11 is 5.17. The average Bonchev–Trinajstić information content (AvgIpc) is 3.46. The molecule has 8 heteroatoms. The summed E-state index contributed by atoms with van der Waals surface area (Å²) in [6.45, 7) is 0.886. The molecule has 3 fully saturated rings. The number of rotatable bonds is 7. The largest absolute Gasteiger partial charge is 0.489 e. The molecule has 210 valence electrons. The lowest BCUT2D eigenvalue weighted by molar-refractivity contribution is -0.124. The van der Waals surface area contributed by atoms with Crippen molar-refractivity contribution in [3.63, 3.8) is 0 Å². The Morgan fingerprint density at radius 1 is 1.02 bits per heavy atom. The van der Waals surface area contributed by atoms with Gasteiger partial charge in [0.25, 0.3) is 5.91 Å². The van der Waals surface area contributed by atoms with Crippen LogP contribution in [0.1, 0.15) is 69.8 Å². The number of amides is 1. The minimum atomic E-state index is -0.362. The summed E-state index contributed by atoms with van der Waals surface area (Å²) in [6, 6.07) is 13.2. The van der Waals surface area contributed by atoms with E-state index in [4.69, 9.17) is 9.73 Å². The molecule has 1 saturated heterocycles. The Morgan fingerprint density at radius 2 is 1.77 bits per heavy atom. The highest BCUT2D eigenvalue weighted by atomic mass is 79.9. The Labute approximate surface area is 248 Å². The Balaban J connectivity index is 1.29. The third kappa shape index (κ3) is 6.03. The molecule has 5 nitrogen and oxygen atoms in total. The molecule has 2 saturated carbocycles. The van der Waals surface area contributed by atoms with Crippen LogP contribution in [0.3, 0.4) is 0 Å². The number of para-hydroxylation sites is 1. The van der Waals surface area contributed by atoms with Gasteiger partial charge in [-0.05, 0) is 73.9 Å². The maximum Gasteiger partial charge on any atom is 0.267 e. The number of amidine groups is 1. The molecular weight excluding hydrogens is 589 g/mol. The highest BCUT2D eigenvalue weighted by Gasteiger charge is 2.39. The van der Waals surface area contributed by atoms with Gasteiger partial charge in [-0.3, -0.25) is 14.7 Å². The van der Waals surface area contributed by atoms with Crippen LogP contribution in [-0.4, -0.2) is 39.2 Å². The number of carbonyl (C=O) groups excluding carboxylic acids is 1. The molecule has 1 amide bonds. The van der Waals surface area contributed by atoms with Crippen LogP contribution in [-0.2, 0) is 11.3 Å². The Bertz CT molecular complexity index is 1440. The lowest BCUT2D eigenvalue weighted by atomic mass is 9.94. The first-order chi connectivity index (χ1) is 19.6. The van der Waals surface area contributed by atoms with E-state index < -0.39 is 0 Å². The molecule has 3 aromatic rings. The second-order valence-electron chi connectivity index (χ2n) is 11.0. The Hall–Kier alpha value is -2.58. The van der Waals surface area contributed by atoms with Crippen molar-refractivity contribution in [3.8, 4) is 5.75 Å². The van der Waals surface area contributed by atoms with Crippen molar-refractivity contribution in [2.75, 3.05) is 6.61 Å². The summed E-state index contributed by atoms with van der Waals surface area (Å²) in [4.78, 5) is 21.9. The average molecular weight is 625 g/mol. The van der Waals surface area contributed by atoms with Gasteiger partial charge in [0.15, 0.2) is 16.7 Å². The van der Waals surface area contributed by atoms with Crippen molar-refractivity contribution in [3.05, 3.63) is 69.4 Å². The van der Waals surface area contributed by atoms with E-state index in [1.54, 1.807) is 30.0 Å². The fourth-order valence-electron chi connectivity index (χ4n) is 6.16. The van der Waals surface area contributed by atoms with Crippen LogP contribution in [0.25, 0.3) is 17.0 Å². The van der Waals surface area contributed by atoms with E-state index in [0.29, 0.717) is 19.2 Å². The number of ether oxygens (including phenoxy) is 1. The summed E-state index contributed by atoms with van der Waals surface area (Å²) in [7, 11) is 0. The van der Waals surface area contributed by atoms with Gasteiger partial charge in [-0.2, -0.15) is 0 Å². The molecule has 0 N–H and O–H groups in total. The molecule has 0 radical (unpaired) electrons. The quantitative estimate of drug-likeness (QED) is 0.248. The van der Waals surface area contributed by atoms with Crippen LogP contribution < -0.4 is 4.74 Å². The Kier molecular flexibility index (Phi) is 8.63. The molecule has 0 spiro atoms. The minimum absolute atomic E-state index is 0.0882. The molecule has 2 aliphatic carbocycles. The lowest BCUT2D eigenvalue weighted by Gasteiger charge is -2.31. The van der Waals surface area contributed by atoms with Crippen LogP contribution in [0.15, 0.2) is 63.0 Å². The molecule has 40 heavy (non-hydrogen) atoms. The van der Waals surface area contributed by atoms with Gasteiger partial charge in [0.05, 0.1) is 17.5 Å². The van der Waals surface area contributed by atoms with Crippen LogP contribution >= 0.6 is 27.7 Å². The number of fused-ring (bicyclic) bond motifs is 1. The number of aliphatic imine (C=N–C) groups is 1. The first-order valence-corrected chi connectivity index (χ1v) is 16.1. The number of aromatic nitrogens is 1. The van der Waals surface area contributed by atoms with Gasteiger partial charge < -0.3 is 9.30 Å². The van der Waals surface area contributed by atoms with Gasteiger partial charge in [-0.1, -0.05) is 66.6 Å². The molecule has 3 aliphatic rings. The van der Waals surface area contributed by atoms with Gasteiger partial charge in [0.1, 0.15) is 6.61 Å². The molecule has 0 unspecified atom stereocenters. The number of benzene rings is 2. The van der Waals surface area contributed by atoms with Gasteiger partial charge in [0, 0.05) is 33.2 Å².